The number of nitrogens with zero attached hydrogens (tertiary/aromatic N) is 2. The van der Waals surface area contributed by atoms with Gasteiger partial charge in [0.15, 0.2) is 0 Å². The topological polar surface area (TPSA) is 49.7 Å². The van der Waals surface area contributed by atoms with Crippen LogP contribution in [0.2, 0.25) is 0 Å². The highest BCUT2D eigenvalue weighted by Gasteiger charge is 2.34. The van der Waals surface area contributed by atoms with Gasteiger partial charge in [0.25, 0.3) is 11.8 Å². The molecule has 0 fully saturated rings. The van der Waals surface area contributed by atoms with Gasteiger partial charge in [-0.05, 0) is 6.08 Å². The summed E-state index contributed by atoms with van der Waals surface area (Å²) in [4.78, 5) is 26.7. The van der Waals surface area contributed by atoms with E-state index in [4.69, 9.17) is 11.6 Å². The lowest BCUT2D eigenvalue weighted by Gasteiger charge is -2.23. The lowest BCUT2D eigenvalue weighted by molar-refractivity contribution is -0.157. The first-order valence-corrected chi connectivity index (χ1v) is 5.59. The smallest absolute Gasteiger partial charge is 0.326 e. The fraction of sp³-hybridized carbons (Fsp3) is 0.364. The Morgan fingerprint density at radius 1 is 1.58 bits per heavy atom. The first kappa shape index (κ1) is 15.4. The van der Waals surface area contributed by atoms with Crippen molar-refractivity contribution >= 4 is 29.6 Å². The molecule has 0 radical (unpaired) electrons. The van der Waals surface area contributed by atoms with Crippen molar-refractivity contribution in [2.24, 2.45) is 4.99 Å². The van der Waals surface area contributed by atoms with Crippen LogP contribution in [-0.2, 0) is 9.59 Å². The number of rotatable bonds is 4. The van der Waals surface area contributed by atoms with Crippen LogP contribution in [0.5, 0.6) is 0 Å². The zero-order chi connectivity index (χ0) is 14.6. The first-order valence-electron chi connectivity index (χ1n) is 5.15. The summed E-state index contributed by atoms with van der Waals surface area (Å²) in [6.45, 7) is 1.60. The fourth-order valence-electron chi connectivity index (χ4n) is 1.38. The molecule has 0 saturated heterocycles. The summed E-state index contributed by atoms with van der Waals surface area (Å²) >= 11 is 5.57. The highest BCUT2D eigenvalue weighted by molar-refractivity contribution is 6.35. The van der Waals surface area contributed by atoms with Crippen LogP contribution < -0.4 is 0 Å². The van der Waals surface area contributed by atoms with E-state index in [1.54, 1.807) is 0 Å². The van der Waals surface area contributed by atoms with Gasteiger partial charge in [0.05, 0.1) is 5.57 Å². The molecule has 1 aliphatic rings. The number of halogens is 4. The van der Waals surface area contributed by atoms with Crippen LogP contribution in [0.4, 0.5) is 13.2 Å². The molecule has 0 saturated carbocycles. The minimum atomic E-state index is -4.53. The molecular formula is C11H10ClF3N2O2. The molecular weight excluding hydrogens is 285 g/mol. The lowest BCUT2D eigenvalue weighted by atomic mass is 10.1. The van der Waals surface area contributed by atoms with Crippen molar-refractivity contribution in [2.45, 2.75) is 11.6 Å². The number of alkyl halides is 4. The van der Waals surface area contributed by atoms with Crippen LogP contribution in [0.3, 0.4) is 0 Å². The summed E-state index contributed by atoms with van der Waals surface area (Å²) in [6.07, 6.45) is -1.36. The Morgan fingerprint density at radius 2 is 2.21 bits per heavy atom. The second kappa shape index (κ2) is 6.01. The average molecular weight is 295 g/mol. The van der Waals surface area contributed by atoms with Gasteiger partial charge in [0.2, 0.25) is 0 Å². The Kier molecular flexibility index (Phi) is 4.88. The van der Waals surface area contributed by atoms with Crippen LogP contribution in [0.25, 0.3) is 0 Å². The van der Waals surface area contributed by atoms with E-state index in [2.05, 4.69) is 11.6 Å². The van der Waals surface area contributed by atoms with Crippen molar-refractivity contribution in [3.8, 4) is 0 Å². The third-order valence-corrected chi connectivity index (χ3v) is 2.46. The third kappa shape index (κ3) is 4.51. The SMILES string of the molecule is C=CCN(CC(F)(F)F)C(=O)C1=CC(Cl)C(=O)N=C1. The number of carbonyl (C=O) groups is 2. The molecule has 1 rings (SSSR count). The molecule has 8 heteroatoms. The number of hydrogen-bond acceptors (Lipinski definition) is 2. The molecule has 1 heterocycles. The minimum Gasteiger partial charge on any atom is -0.326 e. The van der Waals surface area contributed by atoms with Crippen LogP contribution in [0.15, 0.2) is 29.3 Å². The molecule has 4 nitrogen and oxygen atoms in total. The summed E-state index contributed by atoms with van der Waals surface area (Å²) in [6, 6.07) is 0. The highest BCUT2D eigenvalue weighted by Crippen LogP contribution is 2.19. The molecule has 1 aliphatic heterocycles. The van der Waals surface area contributed by atoms with Gasteiger partial charge in [-0.3, -0.25) is 9.59 Å². The number of aliphatic imine (C=N–C) groups is 1. The normalized spacial score (nSPS) is 19.1. The Hall–Kier alpha value is -1.63. The molecule has 1 unspecified atom stereocenters. The fourth-order valence-corrected chi connectivity index (χ4v) is 1.57. The Balaban J connectivity index is 2.89. The largest absolute Gasteiger partial charge is 0.406 e. The monoisotopic (exact) mass is 294 g/mol. The van der Waals surface area contributed by atoms with Crippen molar-refractivity contribution in [2.75, 3.05) is 13.1 Å². The maximum absolute atomic E-state index is 12.3. The Bertz CT molecular complexity index is 457. The van der Waals surface area contributed by atoms with Crippen LogP contribution in [0.1, 0.15) is 0 Å². The van der Waals surface area contributed by atoms with Crippen molar-refractivity contribution in [3.05, 3.63) is 24.3 Å². The van der Waals surface area contributed by atoms with Crippen molar-refractivity contribution in [1.82, 2.24) is 4.90 Å². The standard InChI is InChI=1S/C11H10ClF3N2O2/c1-2-3-17(6-11(13,14)15)10(19)7-4-8(12)9(18)16-5-7/h2,4-5,8H,1,3,6H2. The summed E-state index contributed by atoms with van der Waals surface area (Å²) in [5, 5.41) is -1.14. The number of carbonyl (C=O) groups excluding carboxylic acids is 2. The summed E-state index contributed by atoms with van der Waals surface area (Å²) in [7, 11) is 0. The molecule has 0 bridgehead atoms. The van der Waals surface area contributed by atoms with E-state index in [1.165, 1.54) is 6.08 Å². The van der Waals surface area contributed by atoms with Crippen LogP contribution >= 0.6 is 11.6 Å². The van der Waals surface area contributed by atoms with E-state index < -0.39 is 29.9 Å². The van der Waals surface area contributed by atoms with E-state index in [-0.39, 0.29) is 12.1 Å². The summed E-state index contributed by atoms with van der Waals surface area (Å²) in [5.41, 5.74) is -0.147. The maximum atomic E-state index is 12.3. The quantitative estimate of drug-likeness (QED) is 0.585. The van der Waals surface area contributed by atoms with Gasteiger partial charge in [-0.25, -0.2) is 4.99 Å². The highest BCUT2D eigenvalue weighted by atomic mass is 35.5. The maximum Gasteiger partial charge on any atom is 0.406 e. The van der Waals surface area contributed by atoms with Gasteiger partial charge in [-0.1, -0.05) is 6.08 Å². The Morgan fingerprint density at radius 3 is 2.68 bits per heavy atom. The molecule has 19 heavy (non-hydrogen) atoms. The van der Waals surface area contributed by atoms with Gasteiger partial charge < -0.3 is 4.90 Å². The average Bonchev–Trinajstić information content (AvgIpc) is 2.29. The van der Waals surface area contributed by atoms with Gasteiger partial charge in [-0.2, -0.15) is 13.2 Å². The number of dihydropyridines is 1. The van der Waals surface area contributed by atoms with E-state index >= 15 is 0 Å². The number of amides is 2. The molecule has 0 aromatic carbocycles. The van der Waals surface area contributed by atoms with Crippen LogP contribution in [-0.4, -0.2) is 47.6 Å². The molecule has 0 N–H and O–H groups in total. The molecule has 0 aromatic rings. The van der Waals surface area contributed by atoms with Gasteiger partial charge in [-0.15, -0.1) is 18.2 Å². The molecule has 104 valence electrons. The van der Waals surface area contributed by atoms with Gasteiger partial charge in [0.1, 0.15) is 11.9 Å². The second-order valence-electron chi connectivity index (χ2n) is 3.71. The predicted molar refractivity (Wildman–Crippen MR) is 64.1 cm³/mol. The molecule has 1 atom stereocenters. The van der Waals surface area contributed by atoms with E-state index in [9.17, 15) is 22.8 Å². The van der Waals surface area contributed by atoms with Gasteiger partial charge in [0, 0.05) is 12.8 Å². The van der Waals surface area contributed by atoms with Crippen molar-refractivity contribution < 1.29 is 22.8 Å². The molecule has 0 aliphatic carbocycles. The minimum absolute atomic E-state index is 0.147. The van der Waals surface area contributed by atoms with E-state index in [1.807, 2.05) is 0 Å². The molecule has 0 aromatic heterocycles. The first-order chi connectivity index (χ1) is 8.74. The molecule has 0 spiro atoms. The lowest BCUT2D eigenvalue weighted by Crippen LogP contribution is -2.40. The second-order valence-corrected chi connectivity index (χ2v) is 4.18. The van der Waals surface area contributed by atoms with Crippen LogP contribution in [0, 0.1) is 0 Å². The van der Waals surface area contributed by atoms with Gasteiger partial charge >= 0.3 is 6.18 Å². The van der Waals surface area contributed by atoms with Crippen molar-refractivity contribution in [1.29, 1.82) is 0 Å². The van der Waals surface area contributed by atoms with Crippen molar-refractivity contribution in [3.63, 3.8) is 0 Å². The third-order valence-electron chi connectivity index (χ3n) is 2.15. The van der Waals surface area contributed by atoms with E-state index in [0.717, 1.165) is 12.3 Å². The van der Waals surface area contributed by atoms with E-state index in [0.29, 0.717) is 4.90 Å². The number of hydrogen-bond donors (Lipinski definition) is 0. The predicted octanol–water partition coefficient (Wildman–Crippen LogP) is 1.71. The zero-order valence-corrected chi connectivity index (χ0v) is 10.4. The summed E-state index contributed by atoms with van der Waals surface area (Å²) in [5.74, 6) is -1.57. The molecule has 2 amide bonds. The zero-order valence-electron chi connectivity index (χ0n) is 9.65. The Labute approximate surface area is 112 Å². The summed E-state index contributed by atoms with van der Waals surface area (Å²) < 4.78 is 37.0.